The van der Waals surface area contributed by atoms with Gasteiger partial charge in [0.2, 0.25) is 0 Å². The first-order chi connectivity index (χ1) is 11.7. The SMILES string of the molecule is C=C(C)Oc1ccc(C(C)(C)c2ccc(OC(=O)C(=C)C)cc2)cc1. The van der Waals surface area contributed by atoms with Crippen LogP contribution in [0.1, 0.15) is 38.8 Å². The lowest BCUT2D eigenvalue weighted by atomic mass is 9.78. The average molecular weight is 336 g/mol. The standard InChI is InChI=1S/C22H24O3/c1-15(2)21(23)25-20-13-9-18(10-14-20)22(5,6)17-7-11-19(12-8-17)24-16(3)4/h7-14H,1,3H2,2,4-6H3. The zero-order valence-corrected chi connectivity index (χ0v) is 15.3. The molecule has 0 spiro atoms. The Hall–Kier alpha value is -2.81. The summed E-state index contributed by atoms with van der Waals surface area (Å²) < 4.78 is 10.7. The topological polar surface area (TPSA) is 35.5 Å². The van der Waals surface area contributed by atoms with Gasteiger partial charge in [-0.1, -0.05) is 51.3 Å². The fourth-order valence-corrected chi connectivity index (χ4v) is 2.44. The van der Waals surface area contributed by atoms with Gasteiger partial charge in [0.25, 0.3) is 0 Å². The molecule has 0 fully saturated rings. The second-order valence-electron chi connectivity index (χ2n) is 6.65. The molecule has 0 radical (unpaired) electrons. The zero-order valence-electron chi connectivity index (χ0n) is 15.3. The monoisotopic (exact) mass is 336 g/mol. The van der Waals surface area contributed by atoms with Crippen LogP contribution in [0.25, 0.3) is 0 Å². The van der Waals surface area contributed by atoms with Crippen molar-refractivity contribution < 1.29 is 14.3 Å². The fraction of sp³-hybridized carbons (Fsp3) is 0.227. The van der Waals surface area contributed by atoms with Crippen LogP contribution in [0.2, 0.25) is 0 Å². The van der Waals surface area contributed by atoms with Crippen molar-refractivity contribution in [3.8, 4) is 11.5 Å². The number of carbonyl (C=O) groups excluding carboxylic acids is 1. The molecule has 3 nitrogen and oxygen atoms in total. The van der Waals surface area contributed by atoms with Crippen LogP contribution in [-0.4, -0.2) is 5.97 Å². The van der Waals surface area contributed by atoms with Gasteiger partial charge in [-0.3, -0.25) is 0 Å². The van der Waals surface area contributed by atoms with Crippen molar-refractivity contribution in [2.75, 3.05) is 0 Å². The summed E-state index contributed by atoms with van der Waals surface area (Å²) in [6.45, 7) is 15.1. The molecule has 0 heterocycles. The number of rotatable bonds is 6. The third-order valence-electron chi connectivity index (χ3n) is 4.00. The summed E-state index contributed by atoms with van der Waals surface area (Å²) in [5.41, 5.74) is 2.46. The molecule has 2 rings (SSSR count). The summed E-state index contributed by atoms with van der Waals surface area (Å²) in [5, 5.41) is 0. The molecule has 2 aromatic rings. The van der Waals surface area contributed by atoms with Gasteiger partial charge in [0.15, 0.2) is 0 Å². The minimum Gasteiger partial charge on any atom is -0.463 e. The van der Waals surface area contributed by atoms with Gasteiger partial charge < -0.3 is 9.47 Å². The van der Waals surface area contributed by atoms with E-state index in [-0.39, 0.29) is 5.41 Å². The maximum atomic E-state index is 11.6. The Balaban J connectivity index is 2.19. The maximum absolute atomic E-state index is 11.6. The average Bonchev–Trinajstić information content (AvgIpc) is 2.55. The third-order valence-corrected chi connectivity index (χ3v) is 4.00. The number of esters is 1. The van der Waals surface area contributed by atoms with Crippen LogP contribution in [0, 0.1) is 0 Å². The lowest BCUT2D eigenvalue weighted by Gasteiger charge is -2.26. The van der Waals surface area contributed by atoms with Crippen molar-refractivity contribution in [3.63, 3.8) is 0 Å². The van der Waals surface area contributed by atoms with E-state index in [4.69, 9.17) is 9.47 Å². The first-order valence-electron chi connectivity index (χ1n) is 8.12. The maximum Gasteiger partial charge on any atom is 0.338 e. The van der Waals surface area contributed by atoms with Crippen LogP contribution < -0.4 is 9.47 Å². The normalized spacial score (nSPS) is 10.9. The summed E-state index contributed by atoms with van der Waals surface area (Å²) in [7, 11) is 0. The number of benzene rings is 2. The summed E-state index contributed by atoms with van der Waals surface area (Å²) in [6, 6.07) is 15.5. The minimum absolute atomic E-state index is 0.196. The molecule has 0 saturated carbocycles. The number of hydrogen-bond donors (Lipinski definition) is 0. The molecule has 130 valence electrons. The molecule has 0 aliphatic carbocycles. The number of hydrogen-bond acceptors (Lipinski definition) is 3. The number of ether oxygens (including phenoxy) is 2. The van der Waals surface area contributed by atoms with Gasteiger partial charge in [-0.25, -0.2) is 4.79 Å². The lowest BCUT2D eigenvalue weighted by Crippen LogP contribution is -2.18. The Morgan fingerprint density at radius 1 is 0.800 bits per heavy atom. The van der Waals surface area contributed by atoms with E-state index < -0.39 is 5.97 Å². The molecule has 3 heteroatoms. The van der Waals surface area contributed by atoms with E-state index in [9.17, 15) is 4.79 Å². The summed E-state index contributed by atoms with van der Waals surface area (Å²) in [4.78, 5) is 11.6. The molecule has 0 atom stereocenters. The van der Waals surface area contributed by atoms with E-state index in [1.807, 2.05) is 43.3 Å². The van der Waals surface area contributed by atoms with Gasteiger partial charge in [0, 0.05) is 11.0 Å². The molecule has 25 heavy (non-hydrogen) atoms. The summed E-state index contributed by atoms with van der Waals surface area (Å²) in [5.74, 6) is 1.53. The smallest absolute Gasteiger partial charge is 0.338 e. The van der Waals surface area contributed by atoms with Crippen molar-refractivity contribution in [2.45, 2.75) is 33.1 Å². The Morgan fingerprint density at radius 2 is 1.20 bits per heavy atom. The first kappa shape index (κ1) is 18.5. The molecule has 0 aromatic heterocycles. The summed E-state index contributed by atoms with van der Waals surface area (Å²) >= 11 is 0. The van der Waals surface area contributed by atoms with Crippen LogP contribution in [0.3, 0.4) is 0 Å². The zero-order chi connectivity index (χ0) is 18.6. The highest BCUT2D eigenvalue weighted by molar-refractivity contribution is 5.88. The van der Waals surface area contributed by atoms with Crippen LogP contribution in [0.15, 0.2) is 73.0 Å². The van der Waals surface area contributed by atoms with Gasteiger partial charge >= 0.3 is 5.97 Å². The van der Waals surface area contributed by atoms with E-state index in [1.165, 1.54) is 0 Å². The molecule has 0 aliphatic heterocycles. The lowest BCUT2D eigenvalue weighted by molar-refractivity contribution is -0.130. The van der Waals surface area contributed by atoms with Crippen molar-refractivity contribution in [3.05, 3.63) is 84.1 Å². The first-order valence-corrected chi connectivity index (χ1v) is 8.12. The molecule has 0 amide bonds. The van der Waals surface area contributed by atoms with Crippen LogP contribution >= 0.6 is 0 Å². The van der Waals surface area contributed by atoms with Crippen molar-refractivity contribution in [2.24, 2.45) is 0 Å². The van der Waals surface area contributed by atoms with E-state index in [0.717, 1.165) is 16.9 Å². The largest absolute Gasteiger partial charge is 0.463 e. The Morgan fingerprint density at radius 3 is 1.56 bits per heavy atom. The molecule has 0 saturated heterocycles. The quantitative estimate of drug-likeness (QED) is 0.306. The Kier molecular flexibility index (Phi) is 5.48. The van der Waals surface area contributed by atoms with E-state index in [0.29, 0.717) is 17.1 Å². The van der Waals surface area contributed by atoms with Crippen molar-refractivity contribution in [1.29, 1.82) is 0 Å². The second kappa shape index (κ2) is 7.39. The highest BCUT2D eigenvalue weighted by Crippen LogP contribution is 2.33. The highest BCUT2D eigenvalue weighted by atomic mass is 16.5. The molecule has 0 N–H and O–H groups in total. The van der Waals surface area contributed by atoms with Crippen LogP contribution in [-0.2, 0) is 10.2 Å². The predicted octanol–water partition coefficient (Wildman–Crippen LogP) is 5.41. The fourth-order valence-electron chi connectivity index (χ4n) is 2.44. The Labute approximate surface area is 149 Å². The minimum atomic E-state index is -0.417. The third kappa shape index (κ3) is 4.60. The predicted molar refractivity (Wildman–Crippen MR) is 101 cm³/mol. The van der Waals surface area contributed by atoms with Crippen LogP contribution in [0.5, 0.6) is 11.5 Å². The molecular weight excluding hydrogens is 312 g/mol. The highest BCUT2D eigenvalue weighted by Gasteiger charge is 2.23. The van der Waals surface area contributed by atoms with Gasteiger partial charge in [-0.15, -0.1) is 0 Å². The van der Waals surface area contributed by atoms with Crippen molar-refractivity contribution >= 4 is 5.97 Å². The van der Waals surface area contributed by atoms with E-state index in [2.05, 4.69) is 27.0 Å². The Bertz CT molecular complexity index is 781. The molecule has 2 aromatic carbocycles. The molecule has 0 bridgehead atoms. The van der Waals surface area contributed by atoms with Crippen molar-refractivity contribution in [1.82, 2.24) is 0 Å². The van der Waals surface area contributed by atoms with Gasteiger partial charge in [0.05, 0.1) is 5.76 Å². The van der Waals surface area contributed by atoms with E-state index >= 15 is 0 Å². The molecule has 0 unspecified atom stereocenters. The van der Waals surface area contributed by atoms with Crippen LogP contribution in [0.4, 0.5) is 0 Å². The number of allylic oxidation sites excluding steroid dienone is 1. The second-order valence-corrected chi connectivity index (χ2v) is 6.65. The van der Waals surface area contributed by atoms with Gasteiger partial charge in [0.1, 0.15) is 11.5 Å². The number of carbonyl (C=O) groups is 1. The van der Waals surface area contributed by atoms with Gasteiger partial charge in [-0.2, -0.15) is 0 Å². The molecular formula is C22H24O3. The van der Waals surface area contributed by atoms with Gasteiger partial charge in [-0.05, 0) is 49.2 Å². The summed E-state index contributed by atoms with van der Waals surface area (Å²) in [6.07, 6.45) is 0. The van der Waals surface area contributed by atoms with E-state index in [1.54, 1.807) is 19.1 Å². The molecule has 0 aliphatic rings.